The molecule has 354 valence electrons. The molecule has 0 atom stereocenters. The van der Waals surface area contributed by atoms with Crippen molar-refractivity contribution in [3.63, 3.8) is 0 Å². The predicted octanol–water partition coefficient (Wildman–Crippen LogP) is 9.92. The number of carbonyl (C=O) groups excluding carboxylic acids is 2. The molecule has 4 heterocycles. The first kappa shape index (κ1) is 47.9. The zero-order valence-corrected chi connectivity index (χ0v) is 39.5. The maximum absolute atomic E-state index is 15.4. The molecule has 0 spiro atoms. The van der Waals surface area contributed by atoms with Gasteiger partial charge in [-0.1, -0.05) is 114 Å². The lowest BCUT2D eigenvalue weighted by Crippen LogP contribution is -2.42. The smallest absolute Gasteiger partial charge is 0.359 e. The number of benzene rings is 5. The third-order valence-corrected chi connectivity index (χ3v) is 12.0. The van der Waals surface area contributed by atoms with Crippen molar-refractivity contribution in [2.75, 3.05) is 74.6 Å². The predicted molar refractivity (Wildman–Crippen MR) is 262 cm³/mol. The number of esters is 2. The van der Waals surface area contributed by atoms with Gasteiger partial charge in [0, 0.05) is 45.8 Å². The monoisotopic (exact) mass is 974 g/mol. The van der Waals surface area contributed by atoms with E-state index in [0.717, 1.165) is 16.7 Å². The molecule has 0 saturated heterocycles. The number of rotatable bonds is 12. The number of ether oxygens (including phenoxy) is 4. The summed E-state index contributed by atoms with van der Waals surface area (Å²) in [6.07, 6.45) is 0. The van der Waals surface area contributed by atoms with Crippen molar-refractivity contribution in [3.05, 3.63) is 165 Å². The van der Waals surface area contributed by atoms with Crippen LogP contribution in [-0.2, 0) is 29.1 Å². The van der Waals surface area contributed by atoms with Crippen molar-refractivity contribution in [1.82, 2.24) is 19.9 Å². The van der Waals surface area contributed by atoms with Gasteiger partial charge in [0.1, 0.15) is 11.4 Å². The van der Waals surface area contributed by atoms with Crippen LogP contribution in [0.3, 0.4) is 0 Å². The molecule has 7 aromatic rings. The van der Waals surface area contributed by atoms with E-state index in [4.69, 9.17) is 47.1 Å². The van der Waals surface area contributed by atoms with Gasteiger partial charge in [-0.3, -0.25) is 0 Å². The summed E-state index contributed by atoms with van der Waals surface area (Å²) in [5, 5.41) is 3.43. The Kier molecular flexibility index (Phi) is 15.0. The Morgan fingerprint density at radius 1 is 0.551 bits per heavy atom. The number of fused-ring (bicyclic) bond motifs is 2. The molecule has 5 aromatic carbocycles. The molecule has 2 aliphatic heterocycles. The fraction of sp³-hybridized carbons (Fsp3) is 0.216. The topological polar surface area (TPSA) is 144 Å². The van der Waals surface area contributed by atoms with Crippen molar-refractivity contribution < 1.29 is 37.3 Å². The van der Waals surface area contributed by atoms with Crippen molar-refractivity contribution >= 4 is 58.2 Å². The van der Waals surface area contributed by atoms with Crippen LogP contribution >= 0.6 is 23.2 Å². The van der Waals surface area contributed by atoms with Crippen molar-refractivity contribution in [2.45, 2.75) is 19.6 Å². The quantitative estimate of drug-likeness (QED) is 0.116. The average molecular weight is 976 g/mol. The van der Waals surface area contributed by atoms with E-state index in [9.17, 15) is 9.59 Å². The van der Waals surface area contributed by atoms with Gasteiger partial charge < -0.3 is 39.0 Å². The normalized spacial score (nSPS) is 12.7. The molecule has 1 N–H and O–H groups in total. The number of hydrogen-bond donors (Lipinski definition) is 1. The number of anilines is 4. The molecule has 18 heteroatoms. The van der Waals surface area contributed by atoms with Gasteiger partial charge >= 0.3 is 11.9 Å². The Labute approximate surface area is 407 Å². The van der Waals surface area contributed by atoms with Crippen LogP contribution in [0.5, 0.6) is 11.5 Å². The van der Waals surface area contributed by atoms with Gasteiger partial charge in [-0.15, -0.1) is 0 Å². The van der Waals surface area contributed by atoms with Gasteiger partial charge in [-0.05, 0) is 41.0 Å². The highest BCUT2D eigenvalue weighted by molar-refractivity contribution is 6.32. The Hall–Kier alpha value is -7.56. The molecule has 0 bridgehead atoms. The van der Waals surface area contributed by atoms with Crippen LogP contribution in [0.2, 0.25) is 10.0 Å². The SMILES string of the molecule is COC(=O)c1nc(-c2ccc(Cl)c(OC)c2F)nc2c1N(Cc1ccccc1)CCN2Cc1ccccc1.COC(=O)c1nc(-c2ccc(Cl)c(OC)c2F)nc2c1NCCN2Cc1ccccc1. The van der Waals surface area contributed by atoms with Gasteiger partial charge in [-0.2, -0.15) is 0 Å². The second-order valence-corrected chi connectivity index (χ2v) is 16.5. The summed E-state index contributed by atoms with van der Waals surface area (Å²) in [6.45, 7) is 4.17. The lowest BCUT2D eigenvalue weighted by molar-refractivity contribution is 0.0586. The molecular formula is C51H46Cl2F2N8O6. The molecular weight excluding hydrogens is 930 g/mol. The van der Waals surface area contributed by atoms with Gasteiger partial charge in [0.25, 0.3) is 0 Å². The minimum Gasteiger partial charge on any atom is -0.492 e. The van der Waals surface area contributed by atoms with Gasteiger partial charge in [0.15, 0.2) is 57.8 Å². The molecule has 69 heavy (non-hydrogen) atoms. The molecule has 14 nitrogen and oxygen atoms in total. The van der Waals surface area contributed by atoms with Crippen LogP contribution in [0, 0.1) is 11.6 Å². The highest BCUT2D eigenvalue weighted by Gasteiger charge is 2.34. The zero-order valence-electron chi connectivity index (χ0n) is 38.0. The van der Waals surface area contributed by atoms with Gasteiger partial charge in [-0.25, -0.2) is 38.3 Å². The van der Waals surface area contributed by atoms with Crippen LogP contribution in [0.4, 0.5) is 31.8 Å². The first-order chi connectivity index (χ1) is 33.5. The second kappa shape index (κ2) is 21.6. The molecule has 0 fully saturated rings. The summed E-state index contributed by atoms with van der Waals surface area (Å²) in [5.74, 6) is -1.82. The van der Waals surface area contributed by atoms with E-state index in [1.165, 1.54) is 52.7 Å². The molecule has 0 aliphatic carbocycles. The summed E-state index contributed by atoms with van der Waals surface area (Å²) in [5.41, 5.74) is 4.47. The summed E-state index contributed by atoms with van der Waals surface area (Å²) < 4.78 is 50.8. The number of methoxy groups -OCH3 is 4. The molecule has 0 unspecified atom stereocenters. The molecule has 9 rings (SSSR count). The number of hydrogen-bond acceptors (Lipinski definition) is 14. The summed E-state index contributed by atoms with van der Waals surface area (Å²) >= 11 is 12.1. The van der Waals surface area contributed by atoms with Crippen LogP contribution < -0.4 is 29.5 Å². The lowest BCUT2D eigenvalue weighted by atomic mass is 10.1. The third-order valence-electron chi connectivity index (χ3n) is 11.4. The first-order valence-corrected chi connectivity index (χ1v) is 22.4. The van der Waals surface area contributed by atoms with Crippen LogP contribution in [0.1, 0.15) is 37.7 Å². The second-order valence-electron chi connectivity index (χ2n) is 15.7. The first-order valence-electron chi connectivity index (χ1n) is 21.7. The van der Waals surface area contributed by atoms with Gasteiger partial charge in [0.05, 0.1) is 49.6 Å². The van der Waals surface area contributed by atoms with Crippen molar-refractivity contribution in [1.29, 1.82) is 0 Å². The van der Waals surface area contributed by atoms with E-state index in [0.29, 0.717) is 68.8 Å². The van der Waals surface area contributed by atoms with E-state index in [2.05, 4.69) is 30.1 Å². The highest BCUT2D eigenvalue weighted by atomic mass is 35.5. The number of halogens is 4. The van der Waals surface area contributed by atoms with E-state index in [-0.39, 0.29) is 55.7 Å². The fourth-order valence-electron chi connectivity index (χ4n) is 8.06. The average Bonchev–Trinajstić information content (AvgIpc) is 3.37. The number of carbonyl (C=O) groups is 2. The Balaban J connectivity index is 0.000000190. The van der Waals surface area contributed by atoms with Gasteiger partial charge in [0.2, 0.25) is 0 Å². The summed E-state index contributed by atoms with van der Waals surface area (Å²) in [4.78, 5) is 50.0. The molecule has 2 aromatic heterocycles. The minimum absolute atomic E-state index is 0.0355. The van der Waals surface area contributed by atoms with E-state index >= 15 is 8.78 Å². The van der Waals surface area contributed by atoms with Crippen molar-refractivity contribution in [3.8, 4) is 34.3 Å². The lowest BCUT2D eigenvalue weighted by Gasteiger charge is -2.38. The zero-order chi connectivity index (χ0) is 48.6. The van der Waals surface area contributed by atoms with Crippen molar-refractivity contribution in [2.24, 2.45) is 0 Å². The maximum Gasteiger partial charge on any atom is 0.359 e. The standard InChI is InChI=1S/C29H26ClFN4O3.C22H20ClFN4O3/c1-37-26-22(30)14-13-21(23(26)31)27-32-24(29(36)38-2)25-28(33-27)35(18-20-11-7-4-8-12-20)16-15-34(25)17-19-9-5-3-6-10-19;1-30-19-15(23)9-8-14(16(19)24)20-26-18(22(29)31-2)17-21(27-20)28(11-10-25-17)12-13-6-4-3-5-7-13/h3-14H,15-18H2,1-2H3;3-9,25H,10-12H2,1-2H3. The number of aromatic nitrogens is 4. The summed E-state index contributed by atoms with van der Waals surface area (Å²) in [7, 11) is 5.24. The molecule has 0 saturated carbocycles. The molecule has 0 radical (unpaired) electrons. The van der Waals surface area contributed by atoms with E-state index in [1.54, 1.807) is 0 Å². The Morgan fingerprint density at radius 3 is 1.45 bits per heavy atom. The largest absolute Gasteiger partial charge is 0.492 e. The van der Waals surface area contributed by atoms with E-state index in [1.807, 2.05) is 95.9 Å². The van der Waals surface area contributed by atoms with Crippen LogP contribution in [-0.4, -0.2) is 86.5 Å². The summed E-state index contributed by atoms with van der Waals surface area (Å²) in [6, 6.07) is 35.8. The number of nitrogens with one attached hydrogen (secondary N) is 1. The van der Waals surface area contributed by atoms with Crippen LogP contribution in [0.15, 0.2) is 115 Å². The minimum atomic E-state index is -0.706. The fourth-order valence-corrected chi connectivity index (χ4v) is 8.51. The third kappa shape index (κ3) is 10.3. The Morgan fingerprint density at radius 2 is 0.971 bits per heavy atom. The number of nitrogens with zero attached hydrogens (tertiary/aromatic N) is 7. The molecule has 0 amide bonds. The highest BCUT2D eigenvalue weighted by Crippen LogP contribution is 2.41. The van der Waals surface area contributed by atoms with Crippen LogP contribution in [0.25, 0.3) is 22.8 Å². The maximum atomic E-state index is 15.4. The Bertz CT molecular complexity index is 2980. The van der Waals surface area contributed by atoms with E-state index < -0.39 is 23.6 Å². The molecule has 2 aliphatic rings.